The van der Waals surface area contributed by atoms with Crippen LogP contribution in [0, 0.1) is 13.8 Å². The van der Waals surface area contributed by atoms with E-state index in [1.54, 1.807) is 37.3 Å². The first-order valence-corrected chi connectivity index (χ1v) is 15.4. The molecule has 1 unspecified atom stereocenters. The zero-order valence-electron chi connectivity index (χ0n) is 23.6. The summed E-state index contributed by atoms with van der Waals surface area (Å²) in [6, 6.07) is 20.0. The lowest BCUT2D eigenvalue weighted by molar-refractivity contribution is -0.140. The van der Waals surface area contributed by atoms with E-state index in [4.69, 9.17) is 11.6 Å². The number of nitrogens with one attached hydrogen (secondary N) is 1. The van der Waals surface area contributed by atoms with E-state index < -0.39 is 28.5 Å². The van der Waals surface area contributed by atoms with Gasteiger partial charge in [0.25, 0.3) is 10.0 Å². The highest BCUT2D eigenvalue weighted by Crippen LogP contribution is 2.30. The average molecular weight is 584 g/mol. The zero-order chi connectivity index (χ0) is 29.3. The van der Waals surface area contributed by atoms with Crippen LogP contribution in [0.4, 0.5) is 5.69 Å². The van der Waals surface area contributed by atoms with Crippen molar-refractivity contribution in [1.29, 1.82) is 0 Å². The molecular formula is C31H38ClN3O4S. The van der Waals surface area contributed by atoms with E-state index in [9.17, 15) is 18.0 Å². The molecule has 3 aromatic rings. The largest absolute Gasteiger partial charge is 0.354 e. The summed E-state index contributed by atoms with van der Waals surface area (Å²) in [5.41, 5.74) is 2.70. The van der Waals surface area contributed by atoms with Crippen molar-refractivity contribution in [1.82, 2.24) is 10.2 Å². The summed E-state index contributed by atoms with van der Waals surface area (Å²) in [5, 5.41) is 3.28. The van der Waals surface area contributed by atoms with Gasteiger partial charge >= 0.3 is 0 Å². The third-order valence-electron chi connectivity index (χ3n) is 6.74. The molecule has 9 heteroatoms. The lowest BCUT2D eigenvalue weighted by Crippen LogP contribution is -2.52. The molecule has 0 aromatic heterocycles. The first-order valence-electron chi connectivity index (χ1n) is 13.5. The summed E-state index contributed by atoms with van der Waals surface area (Å²) in [5.74, 6) is -0.747. The lowest BCUT2D eigenvalue weighted by Gasteiger charge is -2.33. The van der Waals surface area contributed by atoms with Gasteiger partial charge in [-0.1, -0.05) is 86.0 Å². The van der Waals surface area contributed by atoms with Gasteiger partial charge in [0.05, 0.1) is 10.6 Å². The van der Waals surface area contributed by atoms with Crippen molar-refractivity contribution in [2.45, 2.75) is 64.4 Å². The van der Waals surface area contributed by atoms with Gasteiger partial charge in [-0.15, -0.1) is 0 Å². The summed E-state index contributed by atoms with van der Waals surface area (Å²) < 4.78 is 29.1. The van der Waals surface area contributed by atoms with E-state index in [2.05, 4.69) is 5.32 Å². The fraction of sp³-hybridized carbons (Fsp3) is 0.355. The SMILES string of the molecule is CCCCNC(=O)C(CC)N(Cc1ccccc1)C(=O)CN(c1cc(Cl)ccc1C)S(=O)(=O)c1ccc(C)cc1. The molecule has 1 atom stereocenters. The van der Waals surface area contributed by atoms with Crippen LogP contribution in [0.25, 0.3) is 0 Å². The van der Waals surface area contributed by atoms with Crippen LogP contribution in [0.5, 0.6) is 0 Å². The van der Waals surface area contributed by atoms with Crippen LogP contribution in [-0.2, 0) is 26.2 Å². The lowest BCUT2D eigenvalue weighted by atomic mass is 10.1. The Morgan fingerprint density at radius 3 is 2.25 bits per heavy atom. The van der Waals surface area contributed by atoms with Crippen molar-refractivity contribution in [3.8, 4) is 0 Å². The first-order chi connectivity index (χ1) is 19.1. The second-order valence-electron chi connectivity index (χ2n) is 9.83. The van der Waals surface area contributed by atoms with Gasteiger partial charge in [0.1, 0.15) is 12.6 Å². The molecule has 0 aliphatic heterocycles. The second kappa shape index (κ2) is 14.3. The molecule has 1 N–H and O–H groups in total. The van der Waals surface area contributed by atoms with Crippen LogP contribution < -0.4 is 9.62 Å². The van der Waals surface area contributed by atoms with Gasteiger partial charge in [0, 0.05) is 18.1 Å². The summed E-state index contributed by atoms with van der Waals surface area (Å²) in [7, 11) is -4.16. The predicted molar refractivity (Wildman–Crippen MR) is 161 cm³/mol. The highest BCUT2D eigenvalue weighted by atomic mass is 35.5. The Balaban J connectivity index is 2.06. The van der Waals surface area contributed by atoms with Crippen molar-refractivity contribution in [3.05, 3.63) is 94.5 Å². The summed E-state index contributed by atoms with van der Waals surface area (Å²) >= 11 is 6.29. The molecule has 0 bridgehead atoms. The molecule has 3 aromatic carbocycles. The molecule has 0 radical (unpaired) electrons. The van der Waals surface area contributed by atoms with Crippen LogP contribution in [-0.4, -0.2) is 44.3 Å². The number of benzene rings is 3. The summed E-state index contributed by atoms with van der Waals surface area (Å²) in [6.45, 7) is 7.69. The Kier molecular flexibility index (Phi) is 11.2. The van der Waals surface area contributed by atoms with Gasteiger partial charge in [0.2, 0.25) is 11.8 Å². The molecular weight excluding hydrogens is 546 g/mol. The number of hydrogen-bond acceptors (Lipinski definition) is 4. The summed E-state index contributed by atoms with van der Waals surface area (Å²) in [4.78, 5) is 28.9. The highest BCUT2D eigenvalue weighted by Gasteiger charge is 2.34. The number of unbranched alkanes of at least 4 members (excludes halogenated alkanes) is 1. The third-order valence-corrected chi connectivity index (χ3v) is 8.75. The third kappa shape index (κ3) is 7.86. The van der Waals surface area contributed by atoms with Crippen LogP contribution in [0.3, 0.4) is 0 Å². The quantitative estimate of drug-likeness (QED) is 0.255. The minimum Gasteiger partial charge on any atom is -0.354 e. The fourth-order valence-electron chi connectivity index (χ4n) is 4.41. The fourth-order valence-corrected chi connectivity index (χ4v) is 6.04. The Morgan fingerprint density at radius 1 is 0.950 bits per heavy atom. The Labute approximate surface area is 243 Å². The van der Waals surface area contributed by atoms with E-state index in [-0.39, 0.29) is 17.3 Å². The standard InChI is InChI=1S/C31H38ClN3O4S/c1-5-7-19-33-31(37)28(6-2)34(21-25-11-9-8-10-12-25)30(36)22-35(29-20-26(32)16-15-24(29)4)40(38,39)27-17-13-23(3)14-18-27/h8-18,20,28H,5-7,19,21-22H2,1-4H3,(H,33,37). The minimum atomic E-state index is -4.16. The van der Waals surface area contributed by atoms with Gasteiger partial charge in [-0.2, -0.15) is 0 Å². The van der Waals surface area contributed by atoms with Gasteiger partial charge in [-0.25, -0.2) is 8.42 Å². The number of anilines is 1. The van der Waals surface area contributed by atoms with Crippen LogP contribution in [0.1, 0.15) is 49.8 Å². The van der Waals surface area contributed by atoms with Gasteiger partial charge in [-0.05, 0) is 62.1 Å². The average Bonchev–Trinajstić information content (AvgIpc) is 2.93. The van der Waals surface area contributed by atoms with Crippen molar-refractivity contribution < 1.29 is 18.0 Å². The maximum Gasteiger partial charge on any atom is 0.264 e. The summed E-state index contributed by atoms with van der Waals surface area (Å²) in [6.07, 6.45) is 2.12. The van der Waals surface area contributed by atoms with E-state index >= 15 is 0 Å². The molecule has 0 saturated heterocycles. The molecule has 0 aliphatic rings. The second-order valence-corrected chi connectivity index (χ2v) is 12.1. The molecule has 214 valence electrons. The smallest absolute Gasteiger partial charge is 0.264 e. The molecule has 0 fully saturated rings. The minimum absolute atomic E-state index is 0.0595. The number of aryl methyl sites for hydroxylation is 2. The number of carbonyl (C=O) groups is 2. The van der Waals surface area contributed by atoms with Gasteiger partial charge < -0.3 is 10.2 Å². The molecule has 0 aliphatic carbocycles. The molecule has 7 nitrogen and oxygen atoms in total. The van der Waals surface area contributed by atoms with Crippen LogP contribution in [0.15, 0.2) is 77.7 Å². The number of amides is 2. The van der Waals surface area contributed by atoms with Crippen molar-refractivity contribution in [3.63, 3.8) is 0 Å². The van der Waals surface area contributed by atoms with Crippen molar-refractivity contribution in [2.24, 2.45) is 0 Å². The number of hydrogen-bond donors (Lipinski definition) is 1. The Morgan fingerprint density at radius 2 is 1.62 bits per heavy atom. The number of rotatable bonds is 13. The Hall–Kier alpha value is -3.36. The molecule has 2 amide bonds. The van der Waals surface area contributed by atoms with Crippen LogP contribution in [0.2, 0.25) is 5.02 Å². The molecule has 0 heterocycles. The molecule has 3 rings (SSSR count). The Bertz CT molecular complexity index is 1400. The zero-order valence-corrected chi connectivity index (χ0v) is 25.1. The first kappa shape index (κ1) is 31.2. The van der Waals surface area contributed by atoms with Gasteiger partial charge in [0.15, 0.2) is 0 Å². The van der Waals surface area contributed by atoms with Crippen molar-refractivity contribution >= 4 is 39.1 Å². The predicted octanol–water partition coefficient (Wildman–Crippen LogP) is 5.88. The maximum absolute atomic E-state index is 14.1. The normalized spacial score (nSPS) is 12.0. The molecule has 0 saturated carbocycles. The number of sulfonamides is 1. The van der Waals surface area contributed by atoms with E-state index in [0.29, 0.717) is 29.2 Å². The number of nitrogens with zero attached hydrogens (tertiary/aromatic N) is 2. The highest BCUT2D eigenvalue weighted by molar-refractivity contribution is 7.92. The molecule has 40 heavy (non-hydrogen) atoms. The van der Waals surface area contributed by atoms with Gasteiger partial charge in [-0.3, -0.25) is 13.9 Å². The maximum atomic E-state index is 14.1. The van der Waals surface area contributed by atoms with Crippen LogP contribution >= 0.6 is 11.6 Å². The van der Waals surface area contributed by atoms with E-state index in [1.165, 1.54) is 17.0 Å². The van der Waals surface area contributed by atoms with E-state index in [1.807, 2.05) is 51.1 Å². The topological polar surface area (TPSA) is 86.8 Å². The van der Waals surface area contributed by atoms with Crippen molar-refractivity contribution in [2.75, 3.05) is 17.4 Å². The molecule has 0 spiro atoms. The number of carbonyl (C=O) groups excluding carboxylic acids is 2. The van der Waals surface area contributed by atoms with E-state index in [0.717, 1.165) is 28.3 Å². The monoisotopic (exact) mass is 583 g/mol. The number of halogens is 1.